The van der Waals surface area contributed by atoms with E-state index in [2.05, 4.69) is 15.6 Å². The zero-order chi connectivity index (χ0) is 20.0. The fourth-order valence-electron chi connectivity index (χ4n) is 2.79. The zero-order valence-electron chi connectivity index (χ0n) is 14.9. The smallest absolute Gasteiger partial charge is 0.338 e. The Bertz CT molecular complexity index is 922. The lowest BCUT2D eigenvalue weighted by molar-refractivity contribution is -0.136. The van der Waals surface area contributed by atoms with Crippen LogP contribution < -0.4 is 10.6 Å². The fraction of sp³-hybridized carbons (Fsp3) is 0.200. The summed E-state index contributed by atoms with van der Waals surface area (Å²) in [6.07, 6.45) is -0.373. The molecule has 0 atom stereocenters. The Morgan fingerprint density at radius 3 is 2.50 bits per heavy atom. The predicted octanol–water partition coefficient (Wildman–Crippen LogP) is 4.78. The number of benzene rings is 2. The van der Waals surface area contributed by atoms with Gasteiger partial charge in [0.1, 0.15) is 5.82 Å². The molecule has 5 nitrogen and oxygen atoms in total. The number of aryl methyl sites for hydroxylation is 1. The van der Waals surface area contributed by atoms with Gasteiger partial charge in [0.05, 0.1) is 11.3 Å². The summed E-state index contributed by atoms with van der Waals surface area (Å²) >= 11 is 0. The lowest BCUT2D eigenvalue weighted by atomic mass is 10.1. The number of aromatic nitrogens is 2. The average Bonchev–Trinajstić information content (AvgIpc) is 3.14. The van der Waals surface area contributed by atoms with Crippen molar-refractivity contribution in [3.8, 4) is 11.4 Å². The second kappa shape index (κ2) is 8.60. The number of nitrogens with zero attached hydrogens (tertiary/aromatic N) is 2. The van der Waals surface area contributed by atoms with E-state index in [1.165, 1.54) is 18.2 Å². The summed E-state index contributed by atoms with van der Waals surface area (Å²) in [5, 5.41) is 4.84. The molecular weight excluding hydrogens is 369 g/mol. The molecule has 0 aliphatic rings. The average molecular weight is 388 g/mol. The number of para-hydroxylation sites is 1. The van der Waals surface area contributed by atoms with Crippen LogP contribution in [0, 0.1) is 0 Å². The first-order valence-electron chi connectivity index (χ1n) is 8.73. The Morgan fingerprint density at radius 1 is 1.04 bits per heavy atom. The molecule has 0 aliphatic carbocycles. The highest BCUT2D eigenvalue weighted by Crippen LogP contribution is 2.34. The van der Waals surface area contributed by atoms with E-state index in [1.807, 2.05) is 41.1 Å². The van der Waals surface area contributed by atoms with Crippen molar-refractivity contribution >= 4 is 11.7 Å². The monoisotopic (exact) mass is 388 g/mol. The molecule has 0 radical (unpaired) electrons. The first kappa shape index (κ1) is 19.5. The standard InChI is InChI=1S/C20H19F3N4O/c21-20(22,23)16-9-4-5-10-17(16)26-19(28)25-11-6-13-27-14-12-24-18(27)15-7-2-1-3-8-15/h1-5,7-10,12,14H,6,11,13H2,(H2,25,26,28). The SMILES string of the molecule is O=C(NCCCn1ccnc1-c1ccccc1)Nc1ccccc1C(F)(F)F. The van der Waals surface area contributed by atoms with Crippen molar-refractivity contribution in [3.05, 3.63) is 72.6 Å². The molecule has 28 heavy (non-hydrogen) atoms. The van der Waals surface area contributed by atoms with Crippen LogP contribution in [0.25, 0.3) is 11.4 Å². The number of imidazole rings is 1. The van der Waals surface area contributed by atoms with Gasteiger partial charge in [0.15, 0.2) is 0 Å². The van der Waals surface area contributed by atoms with Crippen LogP contribution in [0.2, 0.25) is 0 Å². The molecule has 1 aromatic heterocycles. The maximum atomic E-state index is 13.0. The third-order valence-corrected chi connectivity index (χ3v) is 4.09. The van der Waals surface area contributed by atoms with Gasteiger partial charge in [-0.2, -0.15) is 13.2 Å². The third-order valence-electron chi connectivity index (χ3n) is 4.09. The van der Waals surface area contributed by atoms with Gasteiger partial charge in [-0.25, -0.2) is 9.78 Å². The van der Waals surface area contributed by atoms with Gasteiger partial charge >= 0.3 is 12.2 Å². The number of hydrogen-bond acceptors (Lipinski definition) is 2. The van der Waals surface area contributed by atoms with Crippen molar-refractivity contribution in [2.75, 3.05) is 11.9 Å². The van der Waals surface area contributed by atoms with E-state index in [9.17, 15) is 18.0 Å². The number of halogens is 3. The van der Waals surface area contributed by atoms with Gasteiger partial charge in [-0.05, 0) is 18.6 Å². The van der Waals surface area contributed by atoms with Crippen LogP contribution in [0.1, 0.15) is 12.0 Å². The number of hydrogen-bond donors (Lipinski definition) is 2. The normalized spacial score (nSPS) is 11.2. The summed E-state index contributed by atoms with van der Waals surface area (Å²) in [5.74, 6) is 0.823. The predicted molar refractivity (Wildman–Crippen MR) is 101 cm³/mol. The van der Waals surface area contributed by atoms with Crippen LogP contribution in [-0.2, 0) is 12.7 Å². The maximum Gasteiger partial charge on any atom is 0.418 e. The molecule has 0 saturated carbocycles. The molecule has 2 aromatic carbocycles. The van der Waals surface area contributed by atoms with Crippen LogP contribution in [0.4, 0.5) is 23.7 Å². The first-order valence-corrected chi connectivity index (χ1v) is 8.73. The van der Waals surface area contributed by atoms with E-state index < -0.39 is 17.8 Å². The highest BCUT2D eigenvalue weighted by molar-refractivity contribution is 5.90. The van der Waals surface area contributed by atoms with Crippen molar-refractivity contribution in [2.24, 2.45) is 0 Å². The van der Waals surface area contributed by atoms with Gasteiger partial charge in [-0.3, -0.25) is 0 Å². The number of alkyl halides is 3. The minimum absolute atomic E-state index is 0.270. The summed E-state index contributed by atoms with van der Waals surface area (Å²) in [4.78, 5) is 16.3. The highest BCUT2D eigenvalue weighted by atomic mass is 19.4. The summed E-state index contributed by atoms with van der Waals surface area (Å²) in [6, 6.07) is 13.9. The second-order valence-electron chi connectivity index (χ2n) is 6.09. The summed E-state index contributed by atoms with van der Waals surface area (Å²) in [7, 11) is 0. The van der Waals surface area contributed by atoms with Crippen molar-refractivity contribution in [3.63, 3.8) is 0 Å². The summed E-state index contributed by atoms with van der Waals surface area (Å²) in [6.45, 7) is 0.927. The Morgan fingerprint density at radius 2 is 1.75 bits per heavy atom. The van der Waals surface area contributed by atoms with Gasteiger partial charge in [0, 0.05) is 31.0 Å². The molecule has 2 amide bonds. The molecule has 146 valence electrons. The Kier molecular flexibility index (Phi) is 5.98. The van der Waals surface area contributed by atoms with E-state index >= 15 is 0 Å². The minimum Gasteiger partial charge on any atom is -0.338 e. The lowest BCUT2D eigenvalue weighted by Crippen LogP contribution is -2.30. The molecule has 0 aliphatic heterocycles. The number of rotatable bonds is 6. The highest BCUT2D eigenvalue weighted by Gasteiger charge is 2.33. The van der Waals surface area contributed by atoms with Crippen LogP contribution in [0.5, 0.6) is 0 Å². The number of nitrogens with one attached hydrogen (secondary N) is 2. The van der Waals surface area contributed by atoms with Crippen LogP contribution in [0.15, 0.2) is 67.0 Å². The molecule has 3 aromatic rings. The first-order chi connectivity index (χ1) is 13.4. The molecule has 0 unspecified atom stereocenters. The van der Waals surface area contributed by atoms with E-state index in [1.54, 1.807) is 6.20 Å². The van der Waals surface area contributed by atoms with Crippen molar-refractivity contribution in [1.29, 1.82) is 0 Å². The van der Waals surface area contributed by atoms with Crippen molar-refractivity contribution in [2.45, 2.75) is 19.1 Å². The molecule has 0 saturated heterocycles. The minimum atomic E-state index is -4.53. The molecule has 8 heteroatoms. The van der Waals surface area contributed by atoms with Gasteiger partial charge < -0.3 is 15.2 Å². The van der Waals surface area contributed by atoms with Crippen molar-refractivity contribution < 1.29 is 18.0 Å². The van der Waals surface area contributed by atoms with Crippen LogP contribution >= 0.6 is 0 Å². The van der Waals surface area contributed by atoms with E-state index in [-0.39, 0.29) is 5.69 Å². The quantitative estimate of drug-likeness (QED) is 0.597. The molecule has 0 spiro atoms. The molecule has 0 fully saturated rings. The maximum absolute atomic E-state index is 13.0. The second-order valence-corrected chi connectivity index (χ2v) is 6.09. The van der Waals surface area contributed by atoms with Gasteiger partial charge in [-0.1, -0.05) is 42.5 Å². The lowest BCUT2D eigenvalue weighted by Gasteiger charge is -2.14. The Hall–Kier alpha value is -3.29. The largest absolute Gasteiger partial charge is 0.418 e. The number of anilines is 1. The number of carbonyl (C=O) groups is 1. The summed E-state index contributed by atoms with van der Waals surface area (Å²) in [5.41, 5.74) is -0.161. The zero-order valence-corrected chi connectivity index (χ0v) is 14.9. The fourth-order valence-corrected chi connectivity index (χ4v) is 2.79. The van der Waals surface area contributed by atoms with E-state index in [0.717, 1.165) is 17.5 Å². The number of amides is 2. The van der Waals surface area contributed by atoms with Gasteiger partial charge in [0.25, 0.3) is 0 Å². The van der Waals surface area contributed by atoms with Crippen LogP contribution in [0.3, 0.4) is 0 Å². The third kappa shape index (κ3) is 4.91. The topological polar surface area (TPSA) is 59.0 Å². The van der Waals surface area contributed by atoms with E-state index in [4.69, 9.17) is 0 Å². The molecule has 0 bridgehead atoms. The molecule has 1 heterocycles. The summed E-state index contributed by atoms with van der Waals surface area (Å²) < 4.78 is 40.8. The van der Waals surface area contributed by atoms with Gasteiger partial charge in [-0.15, -0.1) is 0 Å². The Labute approximate surface area is 160 Å². The molecule has 2 N–H and O–H groups in total. The Balaban J connectivity index is 1.51. The van der Waals surface area contributed by atoms with Gasteiger partial charge in [0.2, 0.25) is 0 Å². The number of urea groups is 1. The molecule has 3 rings (SSSR count). The van der Waals surface area contributed by atoms with E-state index in [0.29, 0.717) is 19.5 Å². The number of carbonyl (C=O) groups excluding carboxylic acids is 1. The molecular formula is C20H19F3N4O. The van der Waals surface area contributed by atoms with Crippen molar-refractivity contribution in [1.82, 2.24) is 14.9 Å². The van der Waals surface area contributed by atoms with Crippen LogP contribution in [-0.4, -0.2) is 22.1 Å².